The third-order valence-electron chi connectivity index (χ3n) is 5.33. The molecule has 0 amide bonds. The quantitative estimate of drug-likeness (QED) is 0.895. The zero-order valence-electron chi connectivity index (χ0n) is 13.8. The minimum Gasteiger partial charge on any atom is -0.389 e. The molecule has 0 spiro atoms. The zero-order chi connectivity index (χ0) is 15.1. The van der Waals surface area contributed by atoms with Gasteiger partial charge in [-0.2, -0.15) is 0 Å². The van der Waals surface area contributed by atoms with Crippen molar-refractivity contribution in [3.63, 3.8) is 0 Å². The summed E-state index contributed by atoms with van der Waals surface area (Å²) >= 11 is 0. The summed E-state index contributed by atoms with van der Waals surface area (Å²) in [4.78, 5) is 2.35. The minimum atomic E-state index is -0.571. The Bertz CT molecular complexity index is 496. The first kappa shape index (κ1) is 15.5. The Labute approximate surface area is 123 Å². The van der Waals surface area contributed by atoms with Crippen LogP contribution in [0.1, 0.15) is 42.5 Å². The molecule has 0 unspecified atom stereocenters. The molecule has 0 bridgehead atoms. The lowest BCUT2D eigenvalue weighted by molar-refractivity contribution is -0.0779. The van der Waals surface area contributed by atoms with Gasteiger partial charge in [-0.05, 0) is 69.3 Å². The molecule has 0 aliphatic carbocycles. The summed E-state index contributed by atoms with van der Waals surface area (Å²) in [5, 5.41) is 11.1. The Balaban J connectivity index is 2.26. The minimum absolute atomic E-state index is 0.310. The van der Waals surface area contributed by atoms with Gasteiger partial charge < -0.3 is 10.0 Å². The van der Waals surface area contributed by atoms with E-state index in [9.17, 15) is 5.11 Å². The van der Waals surface area contributed by atoms with Crippen LogP contribution in [-0.2, 0) is 6.42 Å². The molecule has 1 aromatic rings. The van der Waals surface area contributed by atoms with E-state index in [-0.39, 0.29) is 0 Å². The predicted molar refractivity (Wildman–Crippen MR) is 85.2 cm³/mol. The van der Waals surface area contributed by atoms with Crippen LogP contribution < -0.4 is 0 Å². The monoisotopic (exact) mass is 275 g/mol. The lowest BCUT2D eigenvalue weighted by Crippen LogP contribution is -2.54. The SMILES string of the molecule is Cc1cc(C)c(C[C@]2(O)C[C@@H](C)N(C)C[C@@H]2C)cc1C. The van der Waals surface area contributed by atoms with E-state index in [0.717, 1.165) is 19.4 Å². The summed E-state index contributed by atoms with van der Waals surface area (Å²) in [6.07, 6.45) is 1.64. The first-order valence-electron chi connectivity index (χ1n) is 7.72. The van der Waals surface area contributed by atoms with Crippen LogP contribution in [0.3, 0.4) is 0 Å². The Morgan fingerprint density at radius 2 is 1.75 bits per heavy atom. The number of benzene rings is 1. The molecule has 2 heteroatoms. The van der Waals surface area contributed by atoms with Gasteiger partial charge in [0.15, 0.2) is 0 Å². The molecule has 1 aliphatic heterocycles. The molecular formula is C18H29NO. The van der Waals surface area contributed by atoms with Crippen molar-refractivity contribution < 1.29 is 5.11 Å². The Morgan fingerprint density at radius 3 is 2.40 bits per heavy atom. The topological polar surface area (TPSA) is 23.5 Å². The lowest BCUT2D eigenvalue weighted by Gasteiger charge is -2.46. The molecular weight excluding hydrogens is 246 g/mol. The molecule has 2 rings (SSSR count). The van der Waals surface area contributed by atoms with Crippen molar-refractivity contribution in [2.24, 2.45) is 5.92 Å². The van der Waals surface area contributed by atoms with Gasteiger partial charge in [0.25, 0.3) is 0 Å². The molecule has 20 heavy (non-hydrogen) atoms. The van der Waals surface area contributed by atoms with Crippen LogP contribution in [0, 0.1) is 26.7 Å². The largest absolute Gasteiger partial charge is 0.389 e. The second-order valence-corrected chi connectivity index (χ2v) is 7.04. The molecule has 2 nitrogen and oxygen atoms in total. The number of nitrogens with zero attached hydrogens (tertiary/aromatic N) is 1. The predicted octanol–water partition coefficient (Wildman–Crippen LogP) is 3.25. The Kier molecular flexibility index (Phi) is 4.27. The molecule has 1 saturated heterocycles. The number of aliphatic hydroxyl groups is 1. The summed E-state index contributed by atoms with van der Waals surface area (Å²) < 4.78 is 0. The van der Waals surface area contributed by atoms with Crippen molar-refractivity contribution in [2.45, 2.75) is 59.1 Å². The van der Waals surface area contributed by atoms with Gasteiger partial charge in [0.1, 0.15) is 0 Å². The van der Waals surface area contributed by atoms with E-state index in [1.54, 1.807) is 0 Å². The smallest absolute Gasteiger partial charge is 0.0740 e. The van der Waals surface area contributed by atoms with Gasteiger partial charge >= 0.3 is 0 Å². The van der Waals surface area contributed by atoms with Crippen molar-refractivity contribution in [2.75, 3.05) is 13.6 Å². The van der Waals surface area contributed by atoms with Crippen LogP contribution in [0.15, 0.2) is 12.1 Å². The fraction of sp³-hybridized carbons (Fsp3) is 0.667. The van der Waals surface area contributed by atoms with Gasteiger partial charge in [-0.15, -0.1) is 0 Å². The van der Waals surface area contributed by atoms with Crippen LogP contribution >= 0.6 is 0 Å². The van der Waals surface area contributed by atoms with Crippen LogP contribution in [0.4, 0.5) is 0 Å². The molecule has 1 aliphatic rings. The molecule has 1 fully saturated rings. The average Bonchev–Trinajstić information content (AvgIpc) is 2.34. The van der Waals surface area contributed by atoms with Crippen molar-refractivity contribution >= 4 is 0 Å². The standard InChI is InChI=1S/C18H29NO/c1-12-7-14(3)17(8-13(12)2)10-18(20)9-16(5)19(6)11-15(18)4/h7-8,15-16,20H,9-11H2,1-6H3/t15-,16+,18+/m0/s1. The molecule has 1 heterocycles. The molecule has 0 saturated carbocycles. The summed E-state index contributed by atoms with van der Waals surface area (Å²) in [6, 6.07) is 4.96. The highest BCUT2D eigenvalue weighted by atomic mass is 16.3. The fourth-order valence-electron chi connectivity index (χ4n) is 3.44. The molecule has 3 atom stereocenters. The van der Waals surface area contributed by atoms with E-state index in [1.807, 2.05) is 0 Å². The first-order valence-corrected chi connectivity index (χ1v) is 7.72. The Hall–Kier alpha value is -0.860. The molecule has 0 radical (unpaired) electrons. The van der Waals surface area contributed by atoms with Crippen molar-refractivity contribution in [1.82, 2.24) is 4.90 Å². The number of piperidine rings is 1. The van der Waals surface area contributed by atoms with Gasteiger partial charge in [-0.25, -0.2) is 0 Å². The van der Waals surface area contributed by atoms with E-state index in [0.29, 0.717) is 12.0 Å². The van der Waals surface area contributed by atoms with Crippen LogP contribution in [-0.4, -0.2) is 35.2 Å². The zero-order valence-corrected chi connectivity index (χ0v) is 13.8. The van der Waals surface area contributed by atoms with Crippen molar-refractivity contribution in [3.05, 3.63) is 34.4 Å². The summed E-state index contributed by atoms with van der Waals surface area (Å²) in [5.74, 6) is 0.310. The van der Waals surface area contributed by atoms with Crippen LogP contribution in [0.2, 0.25) is 0 Å². The highest BCUT2D eigenvalue weighted by Crippen LogP contribution is 2.34. The summed E-state index contributed by atoms with van der Waals surface area (Å²) in [6.45, 7) is 11.8. The van der Waals surface area contributed by atoms with Crippen LogP contribution in [0.25, 0.3) is 0 Å². The maximum Gasteiger partial charge on any atom is 0.0740 e. The number of likely N-dealkylation sites (tertiary alicyclic amines) is 1. The van der Waals surface area contributed by atoms with Crippen molar-refractivity contribution in [3.8, 4) is 0 Å². The van der Waals surface area contributed by atoms with E-state index in [4.69, 9.17) is 0 Å². The van der Waals surface area contributed by atoms with Gasteiger partial charge in [-0.1, -0.05) is 19.1 Å². The summed E-state index contributed by atoms with van der Waals surface area (Å²) in [7, 11) is 2.15. The molecule has 112 valence electrons. The number of aryl methyl sites for hydroxylation is 3. The van der Waals surface area contributed by atoms with E-state index in [2.05, 4.69) is 58.7 Å². The van der Waals surface area contributed by atoms with E-state index >= 15 is 0 Å². The maximum absolute atomic E-state index is 11.1. The highest BCUT2D eigenvalue weighted by molar-refractivity contribution is 5.37. The average molecular weight is 275 g/mol. The number of hydrogen-bond acceptors (Lipinski definition) is 2. The van der Waals surface area contributed by atoms with E-state index in [1.165, 1.54) is 22.3 Å². The third-order valence-corrected chi connectivity index (χ3v) is 5.33. The molecule has 1 N–H and O–H groups in total. The second-order valence-electron chi connectivity index (χ2n) is 7.04. The van der Waals surface area contributed by atoms with Gasteiger partial charge in [0.05, 0.1) is 5.60 Å². The van der Waals surface area contributed by atoms with Crippen molar-refractivity contribution in [1.29, 1.82) is 0 Å². The Morgan fingerprint density at radius 1 is 1.15 bits per heavy atom. The van der Waals surface area contributed by atoms with Gasteiger partial charge in [-0.3, -0.25) is 0 Å². The normalized spacial score (nSPS) is 31.6. The molecule has 0 aromatic heterocycles. The first-order chi connectivity index (χ1) is 9.23. The number of hydrogen-bond donors (Lipinski definition) is 1. The second kappa shape index (κ2) is 5.50. The fourth-order valence-corrected chi connectivity index (χ4v) is 3.44. The van der Waals surface area contributed by atoms with Crippen LogP contribution in [0.5, 0.6) is 0 Å². The maximum atomic E-state index is 11.1. The lowest BCUT2D eigenvalue weighted by atomic mass is 9.74. The third kappa shape index (κ3) is 2.91. The molecule has 1 aromatic carbocycles. The highest BCUT2D eigenvalue weighted by Gasteiger charge is 2.41. The van der Waals surface area contributed by atoms with E-state index < -0.39 is 5.60 Å². The number of rotatable bonds is 2. The van der Waals surface area contributed by atoms with Gasteiger partial charge in [0.2, 0.25) is 0 Å². The van der Waals surface area contributed by atoms with Gasteiger partial charge in [0, 0.05) is 19.0 Å². The summed E-state index contributed by atoms with van der Waals surface area (Å²) in [5.41, 5.74) is 4.70.